The van der Waals surface area contributed by atoms with Gasteiger partial charge in [-0.15, -0.1) is 0 Å². The largest absolute Gasteiger partial charge is 0.389 e. The summed E-state index contributed by atoms with van der Waals surface area (Å²) in [6, 6.07) is 2.41. The average Bonchev–Trinajstić information content (AvgIpc) is 2.37. The molecule has 2 rings (SSSR count). The van der Waals surface area contributed by atoms with Crippen LogP contribution in [-0.4, -0.2) is 41.6 Å². The lowest BCUT2D eigenvalue weighted by Crippen LogP contribution is -2.53. The van der Waals surface area contributed by atoms with Gasteiger partial charge in [-0.2, -0.15) is 0 Å². The zero-order valence-corrected chi connectivity index (χ0v) is 13.4. The van der Waals surface area contributed by atoms with E-state index in [2.05, 4.69) is 25.7 Å². The lowest BCUT2D eigenvalue weighted by molar-refractivity contribution is 0.128. The Hall–Kier alpha value is -1.27. The van der Waals surface area contributed by atoms with Gasteiger partial charge in [-0.1, -0.05) is 12.2 Å². The summed E-state index contributed by atoms with van der Waals surface area (Å²) in [4.78, 5) is 4.05. The van der Waals surface area contributed by atoms with E-state index in [9.17, 15) is 8.78 Å². The topological polar surface area (TPSA) is 32.5 Å². The molecule has 1 aromatic rings. The quantitative estimate of drug-likeness (QED) is 0.851. The second-order valence-electron chi connectivity index (χ2n) is 6.30. The maximum Gasteiger partial charge on any atom is 0.150 e. The summed E-state index contributed by atoms with van der Waals surface area (Å²) >= 11 is 4.76. The van der Waals surface area contributed by atoms with Crippen molar-refractivity contribution in [1.82, 2.24) is 4.90 Å². The third kappa shape index (κ3) is 3.49. The first-order valence-corrected chi connectivity index (χ1v) is 7.40. The zero-order valence-electron chi connectivity index (χ0n) is 12.6. The van der Waals surface area contributed by atoms with Gasteiger partial charge in [0, 0.05) is 37.3 Å². The van der Waals surface area contributed by atoms with E-state index in [0.29, 0.717) is 13.1 Å². The second-order valence-corrected chi connectivity index (χ2v) is 6.74. The smallest absolute Gasteiger partial charge is 0.150 e. The summed E-state index contributed by atoms with van der Waals surface area (Å²) in [5, 5.41) is 0. The van der Waals surface area contributed by atoms with Crippen LogP contribution in [0.3, 0.4) is 0 Å². The van der Waals surface area contributed by atoms with Crippen LogP contribution in [0.15, 0.2) is 12.1 Å². The van der Waals surface area contributed by atoms with Gasteiger partial charge >= 0.3 is 0 Å². The number of nitrogens with two attached hydrogens (primary N) is 1. The molecule has 116 valence electrons. The molecule has 1 aliphatic heterocycles. The van der Waals surface area contributed by atoms with Gasteiger partial charge in [-0.05, 0) is 32.9 Å². The van der Waals surface area contributed by atoms with Crippen molar-refractivity contribution < 1.29 is 8.78 Å². The Bertz CT molecular complexity index is 523. The number of benzene rings is 1. The summed E-state index contributed by atoms with van der Waals surface area (Å²) in [5.74, 6) is -1.22. The van der Waals surface area contributed by atoms with Crippen molar-refractivity contribution in [3.05, 3.63) is 29.3 Å². The van der Waals surface area contributed by atoms with Crippen molar-refractivity contribution in [2.75, 3.05) is 31.1 Å². The maximum atomic E-state index is 14.2. The maximum absolute atomic E-state index is 14.2. The van der Waals surface area contributed by atoms with E-state index in [4.69, 9.17) is 18.0 Å². The summed E-state index contributed by atoms with van der Waals surface area (Å²) < 4.78 is 28.4. The number of rotatable bonds is 2. The molecule has 0 radical (unpaired) electrons. The van der Waals surface area contributed by atoms with Crippen LogP contribution in [0.2, 0.25) is 0 Å². The molecule has 0 aromatic heterocycles. The number of nitrogens with zero attached hydrogens (tertiary/aromatic N) is 2. The van der Waals surface area contributed by atoms with E-state index in [0.717, 1.165) is 13.1 Å². The molecule has 1 aromatic carbocycles. The lowest BCUT2D eigenvalue weighted by atomic mass is 10.0. The highest BCUT2D eigenvalue weighted by Crippen LogP contribution is 2.27. The van der Waals surface area contributed by atoms with Crippen LogP contribution in [0.4, 0.5) is 14.5 Å². The van der Waals surface area contributed by atoms with E-state index >= 15 is 0 Å². The normalized spacial score (nSPS) is 17.1. The Kier molecular flexibility index (Phi) is 4.49. The van der Waals surface area contributed by atoms with Crippen molar-refractivity contribution in [1.29, 1.82) is 0 Å². The first-order valence-electron chi connectivity index (χ1n) is 6.99. The Balaban J connectivity index is 2.19. The monoisotopic (exact) mass is 313 g/mol. The minimum Gasteiger partial charge on any atom is -0.389 e. The summed E-state index contributed by atoms with van der Waals surface area (Å²) in [5.41, 5.74) is 5.73. The Labute approximate surface area is 129 Å². The molecule has 0 unspecified atom stereocenters. The third-order valence-corrected chi connectivity index (χ3v) is 4.08. The summed E-state index contributed by atoms with van der Waals surface area (Å²) in [6.07, 6.45) is 0. The van der Waals surface area contributed by atoms with E-state index in [1.54, 1.807) is 4.90 Å². The van der Waals surface area contributed by atoms with Crippen molar-refractivity contribution in [2.45, 2.75) is 26.3 Å². The van der Waals surface area contributed by atoms with E-state index in [1.165, 1.54) is 12.1 Å². The highest BCUT2D eigenvalue weighted by molar-refractivity contribution is 7.80. The number of thiocarbonyl (C=S) groups is 1. The molecule has 0 bridgehead atoms. The molecule has 1 heterocycles. The van der Waals surface area contributed by atoms with Gasteiger partial charge in [-0.25, -0.2) is 8.78 Å². The molecule has 21 heavy (non-hydrogen) atoms. The van der Waals surface area contributed by atoms with Crippen molar-refractivity contribution >= 4 is 22.9 Å². The van der Waals surface area contributed by atoms with Gasteiger partial charge in [0.25, 0.3) is 0 Å². The van der Waals surface area contributed by atoms with Crippen molar-refractivity contribution in [2.24, 2.45) is 5.73 Å². The molecule has 0 aliphatic carbocycles. The minimum absolute atomic E-state index is 0.00287. The van der Waals surface area contributed by atoms with E-state index < -0.39 is 11.6 Å². The predicted molar refractivity (Wildman–Crippen MR) is 85.8 cm³/mol. The van der Waals surface area contributed by atoms with Crippen LogP contribution in [0, 0.1) is 11.6 Å². The van der Waals surface area contributed by atoms with Gasteiger partial charge < -0.3 is 10.6 Å². The molecule has 0 spiro atoms. The molecular weight excluding hydrogens is 292 g/mol. The van der Waals surface area contributed by atoms with Gasteiger partial charge in [0.15, 0.2) is 0 Å². The molecule has 2 N–H and O–H groups in total. The Morgan fingerprint density at radius 1 is 1.10 bits per heavy atom. The molecule has 1 saturated heterocycles. The number of hydrogen-bond donors (Lipinski definition) is 1. The zero-order chi connectivity index (χ0) is 15.8. The van der Waals surface area contributed by atoms with Gasteiger partial charge in [0.05, 0.1) is 0 Å². The highest BCUT2D eigenvalue weighted by Gasteiger charge is 2.28. The fraction of sp³-hybridized carbons (Fsp3) is 0.533. The van der Waals surface area contributed by atoms with Gasteiger partial charge in [0.1, 0.15) is 22.3 Å². The molecule has 1 fully saturated rings. The Morgan fingerprint density at radius 3 is 1.95 bits per heavy atom. The number of piperazine rings is 1. The van der Waals surface area contributed by atoms with Crippen LogP contribution < -0.4 is 10.6 Å². The second kappa shape index (κ2) is 5.85. The van der Waals surface area contributed by atoms with Crippen LogP contribution in [0.25, 0.3) is 0 Å². The number of halogens is 2. The average molecular weight is 313 g/mol. The van der Waals surface area contributed by atoms with Crippen molar-refractivity contribution in [3.63, 3.8) is 0 Å². The summed E-state index contributed by atoms with van der Waals surface area (Å²) in [7, 11) is 0. The first-order chi connectivity index (χ1) is 9.70. The van der Waals surface area contributed by atoms with E-state index in [-0.39, 0.29) is 21.8 Å². The van der Waals surface area contributed by atoms with Gasteiger partial charge in [-0.3, -0.25) is 4.90 Å². The molecule has 3 nitrogen and oxygen atoms in total. The predicted octanol–water partition coefficient (Wildman–Crippen LogP) is 2.52. The minimum atomic E-state index is -0.609. The SMILES string of the molecule is CC(C)(C)N1CCN(c2c(F)cc(C(N)=S)cc2F)CC1. The Morgan fingerprint density at radius 2 is 1.57 bits per heavy atom. The molecule has 1 aliphatic rings. The fourth-order valence-electron chi connectivity index (χ4n) is 2.61. The first kappa shape index (κ1) is 16.1. The molecular formula is C15H21F2N3S. The molecule has 6 heteroatoms. The molecule has 0 amide bonds. The summed E-state index contributed by atoms with van der Waals surface area (Å²) in [6.45, 7) is 9.16. The van der Waals surface area contributed by atoms with Crippen LogP contribution >= 0.6 is 12.2 Å². The van der Waals surface area contributed by atoms with Crippen LogP contribution in [0.5, 0.6) is 0 Å². The molecule has 0 saturated carbocycles. The van der Waals surface area contributed by atoms with Crippen LogP contribution in [-0.2, 0) is 0 Å². The standard InChI is InChI=1S/C15H21F2N3S/c1-15(2,3)20-6-4-19(5-7-20)13-11(16)8-10(14(18)21)9-12(13)17/h8-9H,4-7H2,1-3H3,(H2,18,21). The number of hydrogen-bond acceptors (Lipinski definition) is 3. The van der Waals surface area contributed by atoms with E-state index in [1.807, 2.05) is 0 Å². The molecule has 0 atom stereocenters. The number of anilines is 1. The van der Waals surface area contributed by atoms with Gasteiger partial charge in [0.2, 0.25) is 0 Å². The fourth-order valence-corrected chi connectivity index (χ4v) is 2.73. The highest BCUT2D eigenvalue weighted by atomic mass is 32.1. The third-order valence-electron chi connectivity index (χ3n) is 3.85. The van der Waals surface area contributed by atoms with Crippen molar-refractivity contribution in [3.8, 4) is 0 Å². The van der Waals surface area contributed by atoms with Crippen LogP contribution in [0.1, 0.15) is 26.3 Å². The lowest BCUT2D eigenvalue weighted by Gasteiger charge is -2.43.